The van der Waals surface area contributed by atoms with Gasteiger partial charge < -0.3 is 9.47 Å². The monoisotopic (exact) mass is 652 g/mol. The molecule has 4 aromatic heterocycles. The van der Waals surface area contributed by atoms with Gasteiger partial charge in [-0.15, -0.1) is 0 Å². The fourth-order valence-electron chi connectivity index (χ4n) is 6.28. The number of rotatable bonds is 4. The smallest absolute Gasteiger partial charge is 0.309 e. The first-order valence-electron chi connectivity index (χ1n) is 16.2. The Bertz CT molecular complexity index is 1730. The maximum atomic E-state index is 12.2. The lowest BCUT2D eigenvalue weighted by Gasteiger charge is -2.29. The maximum Gasteiger partial charge on any atom is 0.309 e. The Morgan fingerprint density at radius 2 is 1.28 bits per heavy atom. The number of aromatic nitrogens is 6. The summed E-state index contributed by atoms with van der Waals surface area (Å²) in [5, 5.41) is 7.55. The number of carbonyl (C=O) groups is 2. The highest BCUT2D eigenvalue weighted by Crippen LogP contribution is 2.37. The molecule has 0 amide bonds. The molecule has 11 nitrogen and oxygen atoms in total. The number of carbonyl (C=O) groups excluding carboxylic acids is 2. The summed E-state index contributed by atoms with van der Waals surface area (Å²) in [7, 11) is 0. The molecule has 6 rings (SSSR count). The number of nitrogens with zero attached hydrogens (tertiary/aromatic N) is 5. The minimum atomic E-state index is -0.441. The summed E-state index contributed by atoms with van der Waals surface area (Å²) in [6, 6.07) is 7.13. The summed E-state index contributed by atoms with van der Waals surface area (Å²) in [4.78, 5) is 45.6. The topological polar surface area (TPSA) is 133 Å². The van der Waals surface area contributed by atoms with Gasteiger partial charge in [-0.1, -0.05) is 11.6 Å². The number of aromatic amines is 1. The highest BCUT2D eigenvalue weighted by atomic mass is 35.5. The van der Waals surface area contributed by atoms with Gasteiger partial charge in [0.25, 0.3) is 5.56 Å². The van der Waals surface area contributed by atoms with E-state index >= 15 is 0 Å². The van der Waals surface area contributed by atoms with Crippen LogP contribution >= 0.6 is 11.6 Å². The fourth-order valence-corrected chi connectivity index (χ4v) is 6.52. The van der Waals surface area contributed by atoms with Crippen molar-refractivity contribution >= 4 is 34.8 Å². The van der Waals surface area contributed by atoms with Crippen molar-refractivity contribution < 1.29 is 19.1 Å². The number of halogens is 1. The molecule has 0 spiro atoms. The number of hydrogen-bond donors (Lipinski definition) is 1. The van der Waals surface area contributed by atoms with Crippen LogP contribution in [0.15, 0.2) is 41.5 Å². The molecule has 0 bridgehead atoms. The van der Waals surface area contributed by atoms with Crippen molar-refractivity contribution in [2.45, 2.75) is 116 Å². The minimum Gasteiger partial charge on any atom is -0.460 e. The Morgan fingerprint density at radius 1 is 0.783 bits per heavy atom. The zero-order chi connectivity index (χ0) is 33.2. The van der Waals surface area contributed by atoms with E-state index in [9.17, 15) is 14.4 Å². The number of nitrogens with one attached hydrogen (secondary N) is 1. The van der Waals surface area contributed by atoms with Crippen molar-refractivity contribution in [1.29, 1.82) is 0 Å². The molecule has 0 aromatic carbocycles. The molecule has 0 unspecified atom stereocenters. The Hall–Kier alpha value is -3.73. The molecule has 0 aliphatic heterocycles. The molecule has 0 saturated heterocycles. The van der Waals surface area contributed by atoms with Crippen molar-refractivity contribution in [2.24, 2.45) is 11.8 Å². The first-order chi connectivity index (χ1) is 21.7. The average molecular weight is 653 g/mol. The van der Waals surface area contributed by atoms with Crippen molar-refractivity contribution in [3.63, 3.8) is 0 Å². The molecule has 248 valence electrons. The van der Waals surface area contributed by atoms with Crippen LogP contribution in [0.1, 0.15) is 116 Å². The van der Waals surface area contributed by atoms with Crippen molar-refractivity contribution in [2.75, 3.05) is 0 Å². The number of fused-ring (bicyclic) bond motifs is 2. The van der Waals surface area contributed by atoms with Gasteiger partial charge in [0.05, 0.1) is 23.7 Å². The van der Waals surface area contributed by atoms with Gasteiger partial charge in [-0.2, -0.15) is 5.10 Å². The summed E-state index contributed by atoms with van der Waals surface area (Å²) in [5.41, 5.74) is 2.27. The highest BCUT2D eigenvalue weighted by molar-refractivity contribution is 6.29. The van der Waals surface area contributed by atoms with Gasteiger partial charge in [0.1, 0.15) is 16.4 Å². The van der Waals surface area contributed by atoms with Crippen LogP contribution in [0.3, 0.4) is 0 Å². The van der Waals surface area contributed by atoms with Crippen LogP contribution in [0, 0.1) is 11.8 Å². The SMILES string of the molecule is CC(C)(C)OC(=O)C1CCC(c2cc(=O)n3[nH]ccc3n2)CC1.CC(C)(C)OC(=O)C1CCC(c2cc(Cl)n3nccc3n2)CC1. The van der Waals surface area contributed by atoms with E-state index in [0.717, 1.165) is 68.4 Å². The van der Waals surface area contributed by atoms with Crippen molar-refractivity contribution in [3.05, 3.63) is 63.6 Å². The third-order valence-corrected chi connectivity index (χ3v) is 8.78. The number of esters is 2. The predicted octanol–water partition coefficient (Wildman–Crippen LogP) is 6.64. The van der Waals surface area contributed by atoms with Crippen LogP contribution < -0.4 is 5.56 Å². The molecule has 0 atom stereocenters. The molecule has 4 heterocycles. The van der Waals surface area contributed by atoms with Crippen molar-refractivity contribution in [1.82, 2.24) is 29.2 Å². The zero-order valence-corrected chi connectivity index (χ0v) is 28.3. The first-order valence-corrected chi connectivity index (χ1v) is 16.6. The lowest BCUT2D eigenvalue weighted by Crippen LogP contribution is -2.31. The molecule has 46 heavy (non-hydrogen) atoms. The van der Waals surface area contributed by atoms with Crippen LogP contribution in [-0.2, 0) is 19.1 Å². The number of H-pyrrole nitrogens is 1. The van der Waals surface area contributed by atoms with Gasteiger partial charge in [-0.05, 0) is 99.0 Å². The normalized spacial score (nSPS) is 22.2. The molecule has 1 N–H and O–H groups in total. The van der Waals surface area contributed by atoms with Gasteiger partial charge in [0.15, 0.2) is 11.3 Å². The van der Waals surface area contributed by atoms with Gasteiger partial charge in [0, 0.05) is 41.9 Å². The van der Waals surface area contributed by atoms with E-state index in [0.29, 0.717) is 16.7 Å². The Labute approximate surface area is 274 Å². The summed E-state index contributed by atoms with van der Waals surface area (Å²) < 4.78 is 14.0. The number of hydrogen-bond acceptors (Lipinski definition) is 8. The van der Waals surface area contributed by atoms with Crippen LogP contribution in [0.25, 0.3) is 11.3 Å². The average Bonchev–Trinajstić information content (AvgIpc) is 3.66. The largest absolute Gasteiger partial charge is 0.460 e. The summed E-state index contributed by atoms with van der Waals surface area (Å²) in [5.74, 6) is 0.354. The van der Waals surface area contributed by atoms with Gasteiger partial charge >= 0.3 is 11.9 Å². The fraction of sp³-hybridized carbons (Fsp3) is 0.588. The second kappa shape index (κ2) is 13.6. The van der Waals surface area contributed by atoms with Crippen LogP contribution in [0.4, 0.5) is 0 Å². The molecule has 2 aliphatic carbocycles. The Morgan fingerprint density at radius 3 is 1.80 bits per heavy atom. The molecular weight excluding hydrogens is 608 g/mol. The molecule has 2 fully saturated rings. The maximum absolute atomic E-state index is 12.2. The summed E-state index contributed by atoms with van der Waals surface area (Å²) in [6.45, 7) is 11.4. The van der Waals surface area contributed by atoms with Crippen LogP contribution in [-0.4, -0.2) is 52.3 Å². The number of ether oxygens (including phenoxy) is 2. The lowest BCUT2D eigenvalue weighted by atomic mass is 9.80. The standard InChI is InChI=1S/C17H22ClN3O2.C17H23N3O3/c1-17(2,3)23-16(22)12-6-4-11(5-7-12)13-10-14(18)21-15(20-13)8-9-19-21;1-17(2,3)23-16(22)12-6-4-11(5-7-12)13-10-15(21)20-14(19-13)8-9-18-20/h8-12H,4-7H2,1-3H3;8-12,18H,4-7H2,1-3H3. The van der Waals surface area contributed by atoms with E-state index in [-0.39, 0.29) is 35.3 Å². The van der Waals surface area contributed by atoms with E-state index < -0.39 is 11.2 Å². The lowest BCUT2D eigenvalue weighted by molar-refractivity contribution is -0.162. The van der Waals surface area contributed by atoms with E-state index in [4.69, 9.17) is 21.1 Å². The van der Waals surface area contributed by atoms with Crippen LogP contribution in [0.5, 0.6) is 0 Å². The molecule has 0 radical (unpaired) electrons. The van der Waals surface area contributed by atoms with E-state index in [2.05, 4.69) is 20.2 Å². The second-order valence-electron chi connectivity index (χ2n) is 14.4. The third-order valence-electron chi connectivity index (χ3n) is 8.51. The molecule has 2 aliphatic rings. The molecular formula is C34H45ClN6O5. The van der Waals surface area contributed by atoms with E-state index in [1.165, 1.54) is 4.52 Å². The van der Waals surface area contributed by atoms with E-state index in [1.54, 1.807) is 29.0 Å². The molecule has 2 saturated carbocycles. The molecule has 12 heteroatoms. The summed E-state index contributed by atoms with van der Waals surface area (Å²) in [6.07, 6.45) is 10.2. The Balaban J connectivity index is 0.000000181. The zero-order valence-electron chi connectivity index (χ0n) is 27.6. The van der Waals surface area contributed by atoms with Crippen LogP contribution in [0.2, 0.25) is 5.15 Å². The molecule has 4 aromatic rings. The van der Waals surface area contributed by atoms with E-state index in [1.807, 2.05) is 53.7 Å². The third kappa shape index (κ3) is 8.34. The second-order valence-corrected chi connectivity index (χ2v) is 14.8. The Kier molecular flexibility index (Phi) is 9.91. The summed E-state index contributed by atoms with van der Waals surface area (Å²) >= 11 is 6.26. The van der Waals surface area contributed by atoms with Gasteiger partial charge in [0.2, 0.25) is 0 Å². The predicted molar refractivity (Wildman–Crippen MR) is 175 cm³/mol. The van der Waals surface area contributed by atoms with Crippen molar-refractivity contribution in [3.8, 4) is 0 Å². The quantitative estimate of drug-likeness (QED) is 0.192. The minimum absolute atomic E-state index is 0.000329. The highest BCUT2D eigenvalue weighted by Gasteiger charge is 2.32. The van der Waals surface area contributed by atoms with Gasteiger partial charge in [-0.25, -0.2) is 19.0 Å². The van der Waals surface area contributed by atoms with Gasteiger partial charge in [-0.3, -0.25) is 19.5 Å². The first kappa shape index (κ1) is 33.6.